The van der Waals surface area contributed by atoms with E-state index in [0.29, 0.717) is 12.2 Å². The summed E-state index contributed by atoms with van der Waals surface area (Å²) in [7, 11) is 0. The Balaban J connectivity index is 2.63. The van der Waals surface area contributed by atoms with Gasteiger partial charge in [-0.2, -0.15) is 0 Å². The van der Waals surface area contributed by atoms with Gasteiger partial charge in [0.25, 0.3) is 5.91 Å². The summed E-state index contributed by atoms with van der Waals surface area (Å²) in [6, 6.07) is 6.56. The van der Waals surface area contributed by atoms with Crippen molar-refractivity contribution in [2.75, 3.05) is 6.61 Å². The largest absolute Gasteiger partial charge is 0.464 e. The number of benzene rings is 1. The second kappa shape index (κ2) is 6.03. The first-order valence-electron chi connectivity index (χ1n) is 5.58. The van der Waals surface area contributed by atoms with E-state index < -0.39 is 12.0 Å². The zero-order valence-corrected chi connectivity index (χ0v) is 10.3. The van der Waals surface area contributed by atoms with Crippen molar-refractivity contribution in [1.29, 1.82) is 0 Å². The molecule has 1 amide bonds. The van der Waals surface area contributed by atoms with Crippen LogP contribution < -0.4 is 5.32 Å². The number of carbonyl (C=O) groups excluding carboxylic acids is 2. The van der Waals surface area contributed by atoms with Gasteiger partial charge in [-0.3, -0.25) is 4.79 Å². The molecule has 1 unspecified atom stereocenters. The molecule has 1 atom stereocenters. The highest BCUT2D eigenvalue weighted by molar-refractivity contribution is 5.96. The Labute approximate surface area is 101 Å². The summed E-state index contributed by atoms with van der Waals surface area (Å²) in [5.74, 6) is -0.692. The van der Waals surface area contributed by atoms with Crippen LogP contribution in [0.25, 0.3) is 0 Å². The molecule has 0 aliphatic rings. The summed E-state index contributed by atoms with van der Waals surface area (Å²) in [5, 5.41) is 2.59. The number of nitrogens with one attached hydrogen (secondary N) is 1. The molecule has 4 heteroatoms. The molecule has 0 aliphatic heterocycles. The van der Waals surface area contributed by atoms with Crippen molar-refractivity contribution in [3.05, 3.63) is 35.4 Å². The van der Waals surface area contributed by atoms with Crippen LogP contribution in [0.1, 0.15) is 29.8 Å². The number of amides is 1. The van der Waals surface area contributed by atoms with Gasteiger partial charge < -0.3 is 10.1 Å². The van der Waals surface area contributed by atoms with Crippen molar-refractivity contribution < 1.29 is 14.3 Å². The first kappa shape index (κ1) is 13.2. The average Bonchev–Trinajstić information content (AvgIpc) is 2.29. The van der Waals surface area contributed by atoms with E-state index in [1.807, 2.05) is 13.0 Å². The van der Waals surface area contributed by atoms with Crippen LogP contribution in [0, 0.1) is 6.92 Å². The van der Waals surface area contributed by atoms with E-state index in [1.165, 1.54) is 0 Å². The Morgan fingerprint density at radius 1 is 1.41 bits per heavy atom. The molecule has 0 bridgehead atoms. The van der Waals surface area contributed by atoms with E-state index in [0.717, 1.165) is 5.56 Å². The van der Waals surface area contributed by atoms with Gasteiger partial charge >= 0.3 is 5.97 Å². The molecule has 0 aliphatic carbocycles. The molecule has 92 valence electrons. The minimum Gasteiger partial charge on any atom is -0.464 e. The monoisotopic (exact) mass is 235 g/mol. The van der Waals surface area contributed by atoms with Crippen molar-refractivity contribution >= 4 is 11.9 Å². The normalized spacial score (nSPS) is 11.7. The predicted octanol–water partition coefficient (Wildman–Crippen LogP) is 1.68. The van der Waals surface area contributed by atoms with Gasteiger partial charge in [-0.1, -0.05) is 17.7 Å². The molecule has 0 radical (unpaired) electrons. The zero-order chi connectivity index (χ0) is 12.8. The molecule has 1 aromatic rings. The van der Waals surface area contributed by atoms with Crippen molar-refractivity contribution in [2.24, 2.45) is 0 Å². The highest BCUT2D eigenvalue weighted by Gasteiger charge is 2.17. The molecule has 1 aromatic carbocycles. The Morgan fingerprint density at radius 2 is 2.12 bits per heavy atom. The van der Waals surface area contributed by atoms with Gasteiger partial charge in [0.1, 0.15) is 6.04 Å². The Kier molecular flexibility index (Phi) is 4.69. The lowest BCUT2D eigenvalue weighted by Crippen LogP contribution is -2.39. The maximum atomic E-state index is 11.8. The second-order valence-corrected chi connectivity index (χ2v) is 3.82. The first-order valence-corrected chi connectivity index (χ1v) is 5.58. The lowest BCUT2D eigenvalue weighted by Gasteiger charge is -2.12. The van der Waals surface area contributed by atoms with E-state index >= 15 is 0 Å². The second-order valence-electron chi connectivity index (χ2n) is 3.82. The number of hydrogen-bond acceptors (Lipinski definition) is 3. The van der Waals surface area contributed by atoms with E-state index in [4.69, 9.17) is 4.74 Å². The predicted molar refractivity (Wildman–Crippen MR) is 64.7 cm³/mol. The van der Waals surface area contributed by atoms with Crippen LogP contribution in [-0.4, -0.2) is 24.5 Å². The highest BCUT2D eigenvalue weighted by atomic mass is 16.5. The van der Waals surface area contributed by atoms with Crippen LogP contribution in [0.5, 0.6) is 0 Å². The minimum atomic E-state index is -0.636. The van der Waals surface area contributed by atoms with Gasteiger partial charge in [0.05, 0.1) is 6.61 Å². The molecule has 17 heavy (non-hydrogen) atoms. The molecule has 1 rings (SSSR count). The molecule has 4 nitrogen and oxygen atoms in total. The van der Waals surface area contributed by atoms with E-state index in [9.17, 15) is 9.59 Å². The molecule has 0 spiro atoms. The fourth-order valence-electron chi connectivity index (χ4n) is 1.39. The number of hydrogen-bond donors (Lipinski definition) is 1. The van der Waals surface area contributed by atoms with Gasteiger partial charge in [0.15, 0.2) is 0 Å². The van der Waals surface area contributed by atoms with Crippen LogP contribution in [0.3, 0.4) is 0 Å². The van der Waals surface area contributed by atoms with Gasteiger partial charge in [-0.05, 0) is 32.9 Å². The minimum absolute atomic E-state index is 0.269. The highest BCUT2D eigenvalue weighted by Crippen LogP contribution is 2.04. The summed E-state index contributed by atoms with van der Waals surface area (Å²) in [4.78, 5) is 23.1. The van der Waals surface area contributed by atoms with Crippen LogP contribution >= 0.6 is 0 Å². The molecular weight excluding hydrogens is 218 g/mol. The van der Waals surface area contributed by atoms with Gasteiger partial charge in [-0.25, -0.2) is 4.79 Å². The zero-order valence-electron chi connectivity index (χ0n) is 10.3. The summed E-state index contributed by atoms with van der Waals surface area (Å²) >= 11 is 0. The van der Waals surface area contributed by atoms with Crippen molar-refractivity contribution in [3.63, 3.8) is 0 Å². The average molecular weight is 235 g/mol. The van der Waals surface area contributed by atoms with Gasteiger partial charge in [0, 0.05) is 5.56 Å². The van der Waals surface area contributed by atoms with Crippen LogP contribution in [0.2, 0.25) is 0 Å². The quantitative estimate of drug-likeness (QED) is 0.808. The van der Waals surface area contributed by atoms with E-state index in [2.05, 4.69) is 5.32 Å². The molecule has 0 heterocycles. The number of aryl methyl sites for hydroxylation is 1. The SMILES string of the molecule is CCOC(=O)C(C)NC(=O)c1cccc(C)c1. The number of esters is 1. The Morgan fingerprint density at radius 3 is 2.71 bits per heavy atom. The van der Waals surface area contributed by atoms with E-state index in [1.54, 1.807) is 32.0 Å². The van der Waals surface area contributed by atoms with Gasteiger partial charge in [-0.15, -0.1) is 0 Å². The Bertz CT molecular complexity index is 415. The number of rotatable bonds is 4. The number of carbonyl (C=O) groups is 2. The summed E-state index contributed by atoms with van der Waals surface area (Å²) in [5.41, 5.74) is 1.54. The summed E-state index contributed by atoms with van der Waals surface area (Å²) in [6.45, 7) is 5.55. The van der Waals surface area contributed by atoms with Crippen LogP contribution in [0.4, 0.5) is 0 Å². The van der Waals surface area contributed by atoms with Crippen molar-refractivity contribution in [3.8, 4) is 0 Å². The fourth-order valence-corrected chi connectivity index (χ4v) is 1.39. The fraction of sp³-hybridized carbons (Fsp3) is 0.385. The van der Waals surface area contributed by atoms with Crippen molar-refractivity contribution in [1.82, 2.24) is 5.32 Å². The molecule has 0 saturated carbocycles. The third-order valence-electron chi connectivity index (χ3n) is 2.27. The lowest BCUT2D eigenvalue weighted by molar-refractivity contribution is -0.144. The van der Waals surface area contributed by atoms with Gasteiger partial charge in [0.2, 0.25) is 0 Å². The molecule has 0 fully saturated rings. The molecule has 0 aromatic heterocycles. The lowest BCUT2D eigenvalue weighted by atomic mass is 10.1. The molecular formula is C13H17NO3. The summed E-state index contributed by atoms with van der Waals surface area (Å²) < 4.78 is 4.81. The third-order valence-corrected chi connectivity index (χ3v) is 2.27. The number of ether oxygens (including phenoxy) is 1. The van der Waals surface area contributed by atoms with E-state index in [-0.39, 0.29) is 5.91 Å². The topological polar surface area (TPSA) is 55.4 Å². The molecule has 0 saturated heterocycles. The molecule has 1 N–H and O–H groups in total. The summed E-state index contributed by atoms with van der Waals surface area (Å²) in [6.07, 6.45) is 0. The Hall–Kier alpha value is -1.84. The maximum Gasteiger partial charge on any atom is 0.328 e. The smallest absolute Gasteiger partial charge is 0.328 e. The first-order chi connectivity index (χ1) is 8.04. The maximum absolute atomic E-state index is 11.8. The van der Waals surface area contributed by atoms with Crippen LogP contribution in [-0.2, 0) is 9.53 Å². The van der Waals surface area contributed by atoms with Crippen molar-refractivity contribution in [2.45, 2.75) is 26.8 Å². The van der Waals surface area contributed by atoms with Crippen LogP contribution in [0.15, 0.2) is 24.3 Å². The standard InChI is InChI=1S/C13H17NO3/c1-4-17-13(16)10(3)14-12(15)11-7-5-6-9(2)8-11/h5-8,10H,4H2,1-3H3,(H,14,15). The third kappa shape index (κ3) is 3.90.